The number of benzene rings is 2. The predicted molar refractivity (Wildman–Crippen MR) is 132 cm³/mol. The van der Waals surface area contributed by atoms with Gasteiger partial charge in [-0.2, -0.15) is 5.10 Å². The standard InChI is InChI=1S/C22H27N3OS3/c1-3-25(4-2)22(27)29-16-20(19-13-9-6-10-14-19)23-24-21(26)17-28-15-18-11-7-5-8-12-18/h5-14H,3-4,15-17H2,1-2H3,(H,24,26)/b23-20-. The summed E-state index contributed by atoms with van der Waals surface area (Å²) in [5, 5.41) is 4.41. The lowest BCUT2D eigenvalue weighted by atomic mass is 10.1. The van der Waals surface area contributed by atoms with E-state index in [1.807, 2.05) is 48.5 Å². The Morgan fingerprint density at radius 1 is 1.00 bits per heavy atom. The third-order valence-corrected chi connectivity index (χ3v) is 6.66. The molecule has 1 amide bonds. The van der Waals surface area contributed by atoms with Gasteiger partial charge in [-0.05, 0) is 25.0 Å². The van der Waals surface area contributed by atoms with Crippen molar-refractivity contribution in [3.8, 4) is 0 Å². The van der Waals surface area contributed by atoms with E-state index in [1.54, 1.807) is 23.5 Å². The predicted octanol–water partition coefficient (Wildman–Crippen LogP) is 4.80. The van der Waals surface area contributed by atoms with Gasteiger partial charge in [-0.15, -0.1) is 11.8 Å². The second kappa shape index (κ2) is 13.4. The van der Waals surface area contributed by atoms with E-state index in [1.165, 1.54) is 5.56 Å². The lowest BCUT2D eigenvalue weighted by molar-refractivity contribution is -0.118. The summed E-state index contributed by atoms with van der Waals surface area (Å²) in [6.07, 6.45) is 0. The number of amides is 1. The number of nitrogens with one attached hydrogen (secondary N) is 1. The summed E-state index contributed by atoms with van der Waals surface area (Å²) in [5.74, 6) is 1.68. The van der Waals surface area contributed by atoms with Crippen LogP contribution in [-0.2, 0) is 10.5 Å². The first-order chi connectivity index (χ1) is 14.1. The molecule has 2 rings (SSSR count). The van der Waals surface area contributed by atoms with Crippen LogP contribution in [-0.4, -0.2) is 45.4 Å². The van der Waals surface area contributed by atoms with Gasteiger partial charge in [0.05, 0.1) is 11.5 Å². The average molecular weight is 446 g/mol. The number of nitrogens with zero attached hydrogens (tertiary/aromatic N) is 2. The molecule has 0 radical (unpaired) electrons. The fraction of sp³-hybridized carbons (Fsp3) is 0.318. The molecule has 0 bridgehead atoms. The Morgan fingerprint density at radius 3 is 2.24 bits per heavy atom. The molecule has 2 aromatic rings. The molecular formula is C22H27N3OS3. The summed E-state index contributed by atoms with van der Waals surface area (Å²) in [7, 11) is 0. The number of thioether (sulfide) groups is 2. The molecule has 0 aliphatic carbocycles. The lowest BCUT2D eigenvalue weighted by Crippen LogP contribution is -2.28. The maximum atomic E-state index is 12.2. The Balaban J connectivity index is 1.92. The minimum Gasteiger partial charge on any atom is -0.358 e. The Bertz CT molecular complexity index is 793. The summed E-state index contributed by atoms with van der Waals surface area (Å²) in [6, 6.07) is 20.0. The third kappa shape index (κ3) is 8.60. The summed E-state index contributed by atoms with van der Waals surface area (Å²) < 4.78 is 0.850. The van der Waals surface area contributed by atoms with Crippen LogP contribution in [0.25, 0.3) is 0 Å². The molecule has 7 heteroatoms. The van der Waals surface area contributed by atoms with Crippen LogP contribution >= 0.6 is 35.7 Å². The second-order valence-corrected chi connectivity index (χ2v) is 8.76. The number of carbonyl (C=O) groups is 1. The molecule has 4 nitrogen and oxygen atoms in total. The first-order valence-corrected chi connectivity index (χ1v) is 12.1. The third-order valence-electron chi connectivity index (χ3n) is 4.12. The van der Waals surface area contributed by atoms with Crippen molar-refractivity contribution in [2.45, 2.75) is 19.6 Å². The van der Waals surface area contributed by atoms with Gasteiger partial charge in [0.2, 0.25) is 5.91 Å². The summed E-state index contributed by atoms with van der Waals surface area (Å²) in [5.41, 5.74) is 5.71. The number of hydrogen-bond acceptors (Lipinski definition) is 5. The minimum atomic E-state index is -0.101. The number of carbonyl (C=O) groups excluding carboxylic acids is 1. The van der Waals surface area contributed by atoms with E-state index in [-0.39, 0.29) is 5.91 Å². The zero-order valence-corrected chi connectivity index (χ0v) is 19.3. The lowest BCUT2D eigenvalue weighted by Gasteiger charge is -2.21. The highest BCUT2D eigenvalue weighted by molar-refractivity contribution is 8.23. The van der Waals surface area contributed by atoms with E-state index in [0.717, 1.165) is 34.4 Å². The van der Waals surface area contributed by atoms with E-state index in [9.17, 15) is 4.79 Å². The van der Waals surface area contributed by atoms with Crippen LogP contribution in [0.3, 0.4) is 0 Å². The molecule has 0 saturated heterocycles. The smallest absolute Gasteiger partial charge is 0.250 e. The van der Waals surface area contributed by atoms with Gasteiger partial charge >= 0.3 is 0 Å². The number of hydrogen-bond donors (Lipinski definition) is 1. The summed E-state index contributed by atoms with van der Waals surface area (Å²) in [6.45, 7) is 5.96. The van der Waals surface area contributed by atoms with Crippen LogP contribution in [0.5, 0.6) is 0 Å². The van der Waals surface area contributed by atoms with Crippen molar-refractivity contribution >= 4 is 51.7 Å². The van der Waals surface area contributed by atoms with Gasteiger partial charge in [0.1, 0.15) is 4.32 Å². The number of thiocarbonyl (C=S) groups is 1. The van der Waals surface area contributed by atoms with Crippen molar-refractivity contribution < 1.29 is 4.79 Å². The Labute approximate surface area is 187 Å². The zero-order valence-electron chi connectivity index (χ0n) is 16.8. The van der Waals surface area contributed by atoms with Crippen molar-refractivity contribution in [1.29, 1.82) is 0 Å². The van der Waals surface area contributed by atoms with Crippen LogP contribution in [0, 0.1) is 0 Å². The van der Waals surface area contributed by atoms with Gasteiger partial charge in [0.15, 0.2) is 0 Å². The maximum absolute atomic E-state index is 12.2. The quantitative estimate of drug-likeness (QED) is 0.323. The van der Waals surface area contributed by atoms with Gasteiger partial charge in [-0.25, -0.2) is 5.43 Å². The molecule has 0 fully saturated rings. The zero-order chi connectivity index (χ0) is 20.9. The molecule has 0 heterocycles. The molecular weight excluding hydrogens is 418 g/mol. The molecule has 0 aliphatic heterocycles. The molecule has 0 atom stereocenters. The summed E-state index contributed by atoms with van der Waals surface area (Å²) >= 11 is 8.67. The molecule has 0 saturated carbocycles. The highest BCUT2D eigenvalue weighted by atomic mass is 32.2. The van der Waals surface area contributed by atoms with Crippen molar-refractivity contribution in [2.75, 3.05) is 24.6 Å². The van der Waals surface area contributed by atoms with E-state index < -0.39 is 0 Å². The molecule has 0 aliphatic rings. The van der Waals surface area contributed by atoms with Gasteiger partial charge < -0.3 is 4.90 Å². The van der Waals surface area contributed by atoms with Gasteiger partial charge in [-0.1, -0.05) is 84.6 Å². The highest BCUT2D eigenvalue weighted by Crippen LogP contribution is 2.14. The normalized spacial score (nSPS) is 11.2. The molecule has 29 heavy (non-hydrogen) atoms. The van der Waals surface area contributed by atoms with E-state index in [0.29, 0.717) is 11.5 Å². The number of rotatable bonds is 10. The van der Waals surface area contributed by atoms with Crippen molar-refractivity contribution in [2.24, 2.45) is 5.10 Å². The first-order valence-electron chi connectivity index (χ1n) is 9.58. The van der Waals surface area contributed by atoms with Crippen molar-refractivity contribution in [3.05, 3.63) is 71.8 Å². The largest absolute Gasteiger partial charge is 0.358 e. The monoisotopic (exact) mass is 445 g/mol. The summed E-state index contributed by atoms with van der Waals surface area (Å²) in [4.78, 5) is 14.4. The van der Waals surface area contributed by atoms with Crippen LogP contribution in [0.15, 0.2) is 65.8 Å². The maximum Gasteiger partial charge on any atom is 0.250 e. The Kier molecular flexibility index (Phi) is 10.8. The fourth-order valence-electron chi connectivity index (χ4n) is 2.51. The average Bonchev–Trinajstić information content (AvgIpc) is 2.76. The molecule has 2 aromatic carbocycles. The van der Waals surface area contributed by atoms with Crippen molar-refractivity contribution in [3.63, 3.8) is 0 Å². The molecule has 0 aromatic heterocycles. The van der Waals surface area contributed by atoms with Crippen LogP contribution in [0.1, 0.15) is 25.0 Å². The molecule has 1 N–H and O–H groups in total. The van der Waals surface area contributed by atoms with E-state index in [2.05, 4.69) is 41.4 Å². The van der Waals surface area contributed by atoms with E-state index >= 15 is 0 Å². The van der Waals surface area contributed by atoms with Crippen LogP contribution < -0.4 is 5.43 Å². The second-order valence-electron chi connectivity index (χ2n) is 6.16. The SMILES string of the molecule is CCN(CC)C(=S)SC/C(=N/NC(=O)CSCc1ccccc1)c1ccccc1. The van der Waals surface area contributed by atoms with Gasteiger partial charge in [-0.3, -0.25) is 4.79 Å². The van der Waals surface area contributed by atoms with Crippen molar-refractivity contribution in [1.82, 2.24) is 10.3 Å². The number of hydrazone groups is 1. The molecule has 0 unspecified atom stereocenters. The molecule has 154 valence electrons. The van der Waals surface area contributed by atoms with E-state index in [4.69, 9.17) is 12.2 Å². The highest BCUT2D eigenvalue weighted by Gasteiger charge is 2.11. The van der Waals surface area contributed by atoms with Crippen LogP contribution in [0.2, 0.25) is 0 Å². The Hall–Kier alpha value is -1.83. The Morgan fingerprint density at radius 2 is 1.62 bits per heavy atom. The fourth-order valence-corrected chi connectivity index (χ4v) is 4.66. The molecule has 0 spiro atoms. The topological polar surface area (TPSA) is 44.7 Å². The van der Waals surface area contributed by atoms with Gasteiger partial charge in [0, 0.05) is 24.6 Å². The minimum absolute atomic E-state index is 0.101. The first kappa shape index (κ1) is 23.4. The van der Waals surface area contributed by atoms with Gasteiger partial charge in [0.25, 0.3) is 0 Å². The van der Waals surface area contributed by atoms with Crippen LogP contribution in [0.4, 0.5) is 0 Å².